The molecule has 0 spiro atoms. The Bertz CT molecular complexity index is 1450. The maximum Gasteiger partial charge on any atom is 0.318 e. The molecular formula is C24H35N11O8S3. The van der Waals surface area contributed by atoms with Crippen molar-refractivity contribution in [3.63, 3.8) is 0 Å². The Morgan fingerprint density at radius 3 is 2.74 bits per heavy atom. The van der Waals surface area contributed by atoms with E-state index in [2.05, 4.69) is 35.4 Å². The minimum Gasteiger partial charge on any atom is -0.427 e. The minimum atomic E-state index is -1.26. The Balaban J connectivity index is 1.46. The van der Waals surface area contributed by atoms with Crippen LogP contribution in [0.15, 0.2) is 10.3 Å². The summed E-state index contributed by atoms with van der Waals surface area (Å²) in [6.45, 7) is 4.81. The normalized spacial score (nSPS) is 21.3. The molecule has 0 radical (unpaired) electrons. The van der Waals surface area contributed by atoms with Crippen molar-refractivity contribution in [2.24, 2.45) is 21.7 Å². The first kappa shape index (κ1) is 35.3. The molecular weight excluding hydrogens is 667 g/mol. The second-order valence-electron chi connectivity index (χ2n) is 11.2. The Labute approximate surface area is 275 Å². The molecule has 2 aliphatic heterocycles. The smallest absolute Gasteiger partial charge is 0.318 e. The molecule has 2 unspecified atom stereocenters. The van der Waals surface area contributed by atoms with Crippen LogP contribution in [0.25, 0.3) is 0 Å². The maximum absolute atomic E-state index is 13.6. The fraction of sp³-hybridized carbons (Fsp3) is 0.667. The van der Waals surface area contributed by atoms with Gasteiger partial charge in [0.1, 0.15) is 23.4 Å². The molecule has 0 bridgehead atoms. The highest BCUT2D eigenvalue weighted by Gasteiger charge is 2.58. The van der Waals surface area contributed by atoms with Crippen LogP contribution in [0.5, 0.6) is 0 Å². The van der Waals surface area contributed by atoms with Crippen molar-refractivity contribution in [3.8, 4) is 0 Å². The van der Waals surface area contributed by atoms with Crippen LogP contribution in [0.1, 0.15) is 33.0 Å². The summed E-state index contributed by atoms with van der Waals surface area (Å²) in [6.07, 6.45) is 0.498. The lowest BCUT2D eigenvalue weighted by atomic mass is 9.89. The number of amides is 2. The van der Waals surface area contributed by atoms with Gasteiger partial charge in [0.05, 0.1) is 18.6 Å². The highest BCUT2D eigenvalue weighted by molar-refractivity contribution is 8.00. The lowest BCUT2D eigenvalue weighted by Crippen LogP contribution is -2.74. The molecule has 0 aromatic carbocycles. The van der Waals surface area contributed by atoms with Crippen LogP contribution in [-0.2, 0) is 40.0 Å². The van der Waals surface area contributed by atoms with Gasteiger partial charge in [-0.3, -0.25) is 19.2 Å². The molecule has 22 heteroatoms. The number of ether oxygens (including phenoxy) is 2. The molecule has 2 amide bonds. The Hall–Kier alpha value is -3.60. The van der Waals surface area contributed by atoms with Gasteiger partial charge in [-0.25, -0.2) is 4.68 Å². The van der Waals surface area contributed by atoms with Gasteiger partial charge in [-0.1, -0.05) is 16.9 Å². The topological polar surface area (TPSA) is 265 Å². The van der Waals surface area contributed by atoms with Gasteiger partial charge in [-0.05, 0) is 44.2 Å². The van der Waals surface area contributed by atoms with Crippen LogP contribution >= 0.6 is 35.1 Å². The average Bonchev–Trinajstić information content (AvgIpc) is 3.66. The predicted molar refractivity (Wildman–Crippen MR) is 165 cm³/mol. The zero-order chi connectivity index (χ0) is 33.5. The molecule has 2 aliphatic rings. The van der Waals surface area contributed by atoms with Crippen LogP contribution in [-0.4, -0.2) is 125 Å². The molecule has 3 atom stereocenters. The van der Waals surface area contributed by atoms with Gasteiger partial charge in [-0.2, -0.15) is 9.36 Å². The van der Waals surface area contributed by atoms with Gasteiger partial charge in [0.25, 0.3) is 5.91 Å². The number of carbonyl (C=O) groups excluding carboxylic acids is 4. The van der Waals surface area contributed by atoms with Gasteiger partial charge >= 0.3 is 11.9 Å². The molecule has 19 nitrogen and oxygen atoms in total. The van der Waals surface area contributed by atoms with E-state index >= 15 is 0 Å². The number of aliphatic hydroxyl groups excluding tert-OH is 1. The summed E-state index contributed by atoms with van der Waals surface area (Å²) in [5.74, 6) is -2.20. The molecule has 6 N–H and O–H groups in total. The number of fused-ring (bicyclic) bond motifs is 1. The van der Waals surface area contributed by atoms with Crippen LogP contribution in [0.4, 0.5) is 5.13 Å². The van der Waals surface area contributed by atoms with E-state index in [-0.39, 0.29) is 54.5 Å². The third-order valence-electron chi connectivity index (χ3n) is 6.61. The van der Waals surface area contributed by atoms with Crippen molar-refractivity contribution >= 4 is 69.7 Å². The standard InChI is InChI=1S/C24H35N11O8S3/c1-23(2,3)19(39)41-12-42-20(40)24(11-45-22-29-32-33-35(22)6-7-36)9-34-17(38)14(18(34)44-10-24)27-16(37)13(30-43-8-4-5-25)15-28-21(26)46-31-15/h14,18,36H,4-12,25H2,1-3H3,(H,27,37)(H2,26,28,31)/t14?,18-,24?/m1/s1. The van der Waals surface area contributed by atoms with Crippen molar-refractivity contribution in [1.29, 1.82) is 0 Å². The van der Waals surface area contributed by atoms with Gasteiger partial charge in [0.15, 0.2) is 5.13 Å². The number of anilines is 1. The Morgan fingerprint density at radius 2 is 2.07 bits per heavy atom. The molecule has 4 heterocycles. The number of nitrogens with one attached hydrogen (secondary N) is 1. The van der Waals surface area contributed by atoms with E-state index < -0.39 is 52.8 Å². The highest BCUT2D eigenvalue weighted by Crippen LogP contribution is 2.45. The third kappa shape index (κ3) is 8.21. The van der Waals surface area contributed by atoms with Crippen LogP contribution in [0.3, 0.4) is 0 Å². The number of thioether (sulfide) groups is 2. The number of carbonyl (C=O) groups is 4. The molecule has 0 aliphatic carbocycles. The number of nitrogens with two attached hydrogens (primary N) is 2. The number of aromatic nitrogens is 6. The number of nitrogens with zero attached hydrogens (tertiary/aromatic N) is 8. The summed E-state index contributed by atoms with van der Waals surface area (Å²) in [4.78, 5) is 63.0. The highest BCUT2D eigenvalue weighted by atomic mass is 32.2. The summed E-state index contributed by atoms with van der Waals surface area (Å²) in [6, 6.07) is -0.936. The third-order valence-corrected chi connectivity index (χ3v) is 9.99. The number of rotatable bonds is 15. The number of oxime groups is 1. The summed E-state index contributed by atoms with van der Waals surface area (Å²) in [5, 5.41) is 27.2. The summed E-state index contributed by atoms with van der Waals surface area (Å²) >= 11 is 3.29. The van der Waals surface area contributed by atoms with Crippen LogP contribution < -0.4 is 16.8 Å². The van der Waals surface area contributed by atoms with Gasteiger partial charge < -0.3 is 41.1 Å². The number of nitrogen functional groups attached to an aromatic ring is 1. The molecule has 2 aromatic heterocycles. The van der Waals surface area contributed by atoms with Crippen molar-refractivity contribution in [3.05, 3.63) is 5.82 Å². The maximum atomic E-state index is 13.6. The molecule has 0 saturated carbocycles. The van der Waals surface area contributed by atoms with E-state index in [0.29, 0.717) is 18.1 Å². The quantitative estimate of drug-likeness (QED) is 0.0311. The second-order valence-corrected chi connectivity index (χ2v) is 14.0. The van der Waals surface area contributed by atoms with E-state index in [1.54, 1.807) is 20.8 Å². The van der Waals surface area contributed by atoms with Crippen LogP contribution in [0.2, 0.25) is 0 Å². The number of aliphatic hydroxyl groups is 1. The number of hydrogen-bond donors (Lipinski definition) is 4. The summed E-state index contributed by atoms with van der Waals surface area (Å²) in [5.41, 5.74) is 8.85. The van der Waals surface area contributed by atoms with Crippen molar-refractivity contribution < 1.29 is 38.6 Å². The van der Waals surface area contributed by atoms with Gasteiger partial charge in [-0.15, -0.1) is 16.9 Å². The Morgan fingerprint density at radius 1 is 1.28 bits per heavy atom. The SMILES string of the molecule is CC(C)(C)C(=O)OCOC(=O)C1(CSc2nnnn2CCO)CS[C@@H]2C(NC(=O)C(=NOCCCN)c3nsc(N)n3)C(=O)N2C1. The lowest BCUT2D eigenvalue weighted by Gasteiger charge is -2.54. The number of esters is 2. The fourth-order valence-electron chi connectivity index (χ4n) is 4.12. The van der Waals surface area contributed by atoms with E-state index in [1.165, 1.54) is 21.3 Å². The largest absolute Gasteiger partial charge is 0.427 e. The summed E-state index contributed by atoms with van der Waals surface area (Å²) in [7, 11) is 0. The molecule has 2 saturated heterocycles. The predicted octanol–water partition coefficient (Wildman–Crippen LogP) is -1.56. The van der Waals surface area contributed by atoms with E-state index in [4.69, 9.17) is 25.8 Å². The average molecular weight is 702 g/mol. The first-order chi connectivity index (χ1) is 21.9. The molecule has 252 valence electrons. The molecule has 2 aromatic rings. The fourth-order valence-corrected chi connectivity index (χ4v) is 7.31. The first-order valence-corrected chi connectivity index (χ1v) is 16.8. The molecule has 4 rings (SSSR count). The van der Waals surface area contributed by atoms with Crippen molar-refractivity contribution in [1.82, 2.24) is 39.8 Å². The van der Waals surface area contributed by atoms with Crippen LogP contribution in [0, 0.1) is 10.8 Å². The Kier molecular flexibility index (Phi) is 11.7. The van der Waals surface area contributed by atoms with Crippen molar-refractivity contribution in [2.75, 3.05) is 50.3 Å². The van der Waals surface area contributed by atoms with Crippen molar-refractivity contribution in [2.45, 2.75) is 50.3 Å². The van der Waals surface area contributed by atoms with E-state index in [0.717, 1.165) is 23.3 Å². The zero-order valence-corrected chi connectivity index (χ0v) is 27.7. The van der Waals surface area contributed by atoms with Gasteiger partial charge in [0, 0.05) is 29.6 Å². The number of tetrazole rings is 1. The first-order valence-electron chi connectivity index (χ1n) is 14.0. The number of hydrogen-bond acceptors (Lipinski definition) is 19. The zero-order valence-electron chi connectivity index (χ0n) is 25.3. The van der Waals surface area contributed by atoms with E-state index in [1.807, 2.05) is 0 Å². The second kappa shape index (κ2) is 15.3. The van der Waals surface area contributed by atoms with E-state index in [9.17, 15) is 24.3 Å². The minimum absolute atomic E-state index is 0.0518. The number of β-lactam (4-membered cyclic amide) rings is 1. The van der Waals surface area contributed by atoms with Gasteiger partial charge in [0.2, 0.25) is 29.4 Å². The lowest BCUT2D eigenvalue weighted by molar-refractivity contribution is -0.180. The summed E-state index contributed by atoms with van der Waals surface area (Å²) < 4.78 is 15.9. The molecule has 2 fully saturated rings. The monoisotopic (exact) mass is 701 g/mol. The molecule has 46 heavy (non-hydrogen) atoms.